The standard InChI is InChI=1S/C9H14O4/c1-4-13-5-7(9(11)12)8(10)6(2)3/h5-6H,4H2,1-3H3,(H,11,12)/b7-5+. The van der Waals surface area contributed by atoms with E-state index in [1.54, 1.807) is 20.8 Å². The van der Waals surface area contributed by atoms with Crippen molar-refractivity contribution in [2.45, 2.75) is 20.8 Å². The van der Waals surface area contributed by atoms with E-state index in [2.05, 4.69) is 0 Å². The normalized spacial score (nSPS) is 11.5. The molecule has 0 rings (SSSR count). The van der Waals surface area contributed by atoms with E-state index in [4.69, 9.17) is 9.84 Å². The number of carboxylic acids is 1. The Balaban J connectivity index is 4.61. The molecule has 0 fully saturated rings. The minimum absolute atomic E-state index is 0.295. The van der Waals surface area contributed by atoms with Gasteiger partial charge in [0.1, 0.15) is 11.8 Å². The van der Waals surface area contributed by atoms with Crippen molar-refractivity contribution in [2.24, 2.45) is 5.92 Å². The number of ether oxygens (including phenoxy) is 1. The zero-order valence-electron chi connectivity index (χ0n) is 8.03. The molecule has 74 valence electrons. The third-order valence-electron chi connectivity index (χ3n) is 1.39. The lowest BCUT2D eigenvalue weighted by molar-refractivity contribution is -0.135. The van der Waals surface area contributed by atoms with Crippen LogP contribution in [-0.4, -0.2) is 23.5 Å². The maximum Gasteiger partial charge on any atom is 0.342 e. The zero-order valence-corrected chi connectivity index (χ0v) is 8.03. The summed E-state index contributed by atoms with van der Waals surface area (Å²) in [6.07, 6.45) is 1.00. The average molecular weight is 186 g/mol. The van der Waals surface area contributed by atoms with Crippen LogP contribution in [0.2, 0.25) is 0 Å². The Morgan fingerprint density at radius 2 is 2.00 bits per heavy atom. The molecular weight excluding hydrogens is 172 g/mol. The number of ketones is 1. The van der Waals surface area contributed by atoms with Crippen molar-refractivity contribution in [2.75, 3.05) is 6.61 Å². The van der Waals surface area contributed by atoms with Gasteiger partial charge in [0.2, 0.25) is 0 Å². The number of carbonyl (C=O) groups excluding carboxylic acids is 1. The number of Topliss-reactive ketones (excluding diaryl/α,β-unsaturated/α-hetero) is 1. The lowest BCUT2D eigenvalue weighted by Crippen LogP contribution is -2.17. The summed E-state index contributed by atoms with van der Waals surface area (Å²) >= 11 is 0. The molecule has 4 nitrogen and oxygen atoms in total. The smallest absolute Gasteiger partial charge is 0.342 e. The summed E-state index contributed by atoms with van der Waals surface area (Å²) in [5.41, 5.74) is -0.295. The highest BCUT2D eigenvalue weighted by Gasteiger charge is 2.20. The highest BCUT2D eigenvalue weighted by atomic mass is 16.5. The van der Waals surface area contributed by atoms with Crippen molar-refractivity contribution in [1.29, 1.82) is 0 Å². The Morgan fingerprint density at radius 3 is 2.31 bits per heavy atom. The quantitative estimate of drug-likeness (QED) is 0.303. The fraction of sp³-hybridized carbons (Fsp3) is 0.556. The summed E-state index contributed by atoms with van der Waals surface area (Å²) in [7, 11) is 0. The van der Waals surface area contributed by atoms with Gasteiger partial charge in [-0.1, -0.05) is 13.8 Å². The lowest BCUT2D eigenvalue weighted by atomic mass is 10.0. The van der Waals surface area contributed by atoms with E-state index in [0.717, 1.165) is 6.26 Å². The maximum atomic E-state index is 11.3. The largest absolute Gasteiger partial charge is 0.500 e. The molecule has 0 aliphatic heterocycles. The minimum Gasteiger partial charge on any atom is -0.500 e. The fourth-order valence-corrected chi connectivity index (χ4v) is 0.692. The Labute approximate surface area is 77.2 Å². The molecule has 0 amide bonds. The molecule has 0 unspecified atom stereocenters. The van der Waals surface area contributed by atoms with Gasteiger partial charge in [-0.3, -0.25) is 4.79 Å². The van der Waals surface area contributed by atoms with E-state index in [1.807, 2.05) is 0 Å². The first-order valence-corrected chi connectivity index (χ1v) is 4.10. The molecule has 0 spiro atoms. The van der Waals surface area contributed by atoms with Crippen LogP contribution < -0.4 is 0 Å². The molecule has 0 aromatic rings. The lowest BCUT2D eigenvalue weighted by Gasteiger charge is -2.04. The van der Waals surface area contributed by atoms with Crippen LogP contribution in [0.4, 0.5) is 0 Å². The van der Waals surface area contributed by atoms with Gasteiger partial charge in [0.05, 0.1) is 6.61 Å². The van der Waals surface area contributed by atoms with Gasteiger partial charge in [0, 0.05) is 5.92 Å². The van der Waals surface area contributed by atoms with Gasteiger partial charge in [0.25, 0.3) is 0 Å². The first kappa shape index (κ1) is 11.7. The van der Waals surface area contributed by atoms with Crippen LogP contribution in [0.3, 0.4) is 0 Å². The van der Waals surface area contributed by atoms with Crippen molar-refractivity contribution in [3.63, 3.8) is 0 Å². The Morgan fingerprint density at radius 1 is 1.46 bits per heavy atom. The van der Waals surface area contributed by atoms with Gasteiger partial charge in [-0.25, -0.2) is 4.79 Å². The third-order valence-corrected chi connectivity index (χ3v) is 1.39. The zero-order chi connectivity index (χ0) is 10.4. The number of rotatable bonds is 5. The summed E-state index contributed by atoms with van der Waals surface area (Å²) in [5.74, 6) is -1.99. The predicted molar refractivity (Wildman–Crippen MR) is 47.2 cm³/mol. The van der Waals surface area contributed by atoms with Crippen LogP contribution in [0, 0.1) is 5.92 Å². The Kier molecular flexibility index (Phi) is 4.80. The second kappa shape index (κ2) is 5.35. The van der Waals surface area contributed by atoms with Gasteiger partial charge in [-0.15, -0.1) is 0 Å². The van der Waals surface area contributed by atoms with E-state index in [1.165, 1.54) is 0 Å². The van der Waals surface area contributed by atoms with Crippen LogP contribution in [0.1, 0.15) is 20.8 Å². The molecule has 0 saturated carbocycles. The summed E-state index contributed by atoms with van der Waals surface area (Å²) in [5, 5.41) is 8.65. The van der Waals surface area contributed by atoms with Crippen LogP contribution in [-0.2, 0) is 14.3 Å². The van der Waals surface area contributed by atoms with E-state index in [-0.39, 0.29) is 11.5 Å². The summed E-state index contributed by atoms with van der Waals surface area (Å²) in [4.78, 5) is 21.8. The number of hydrogen-bond donors (Lipinski definition) is 1. The molecule has 0 aromatic heterocycles. The highest BCUT2D eigenvalue weighted by Crippen LogP contribution is 2.06. The summed E-state index contributed by atoms with van der Waals surface area (Å²) < 4.78 is 4.76. The predicted octanol–water partition coefficient (Wildman–Crippen LogP) is 1.22. The monoisotopic (exact) mass is 186 g/mol. The highest BCUT2D eigenvalue weighted by molar-refractivity contribution is 6.16. The number of aliphatic carboxylic acids is 1. The Bertz CT molecular complexity index is 228. The first-order chi connectivity index (χ1) is 6.00. The molecule has 4 heteroatoms. The van der Waals surface area contributed by atoms with Crippen molar-refractivity contribution in [1.82, 2.24) is 0 Å². The molecule has 0 radical (unpaired) electrons. The first-order valence-electron chi connectivity index (χ1n) is 4.10. The topological polar surface area (TPSA) is 63.6 Å². The van der Waals surface area contributed by atoms with Crippen molar-refractivity contribution < 1.29 is 19.4 Å². The van der Waals surface area contributed by atoms with Crippen LogP contribution in [0.15, 0.2) is 11.8 Å². The van der Waals surface area contributed by atoms with E-state index in [0.29, 0.717) is 6.61 Å². The van der Waals surface area contributed by atoms with Gasteiger partial charge in [-0.2, -0.15) is 0 Å². The van der Waals surface area contributed by atoms with Crippen LogP contribution in [0.5, 0.6) is 0 Å². The SMILES string of the molecule is CCO/C=C(/C(=O)O)C(=O)C(C)C. The van der Waals surface area contributed by atoms with Crippen molar-refractivity contribution >= 4 is 11.8 Å². The van der Waals surface area contributed by atoms with Crippen LogP contribution in [0.25, 0.3) is 0 Å². The van der Waals surface area contributed by atoms with Gasteiger partial charge < -0.3 is 9.84 Å². The molecule has 0 saturated heterocycles. The molecule has 13 heavy (non-hydrogen) atoms. The third kappa shape index (κ3) is 3.73. The van der Waals surface area contributed by atoms with E-state index < -0.39 is 11.8 Å². The Hall–Kier alpha value is -1.32. The minimum atomic E-state index is -1.24. The number of hydrogen-bond acceptors (Lipinski definition) is 3. The second-order valence-electron chi connectivity index (χ2n) is 2.81. The summed E-state index contributed by atoms with van der Waals surface area (Å²) in [6, 6.07) is 0. The average Bonchev–Trinajstić information content (AvgIpc) is 2.04. The molecule has 0 aliphatic carbocycles. The molecule has 0 aromatic carbocycles. The fourth-order valence-electron chi connectivity index (χ4n) is 0.692. The number of carboxylic acid groups (broad SMARTS) is 1. The van der Waals surface area contributed by atoms with E-state index >= 15 is 0 Å². The van der Waals surface area contributed by atoms with Crippen LogP contribution >= 0.6 is 0 Å². The molecule has 0 heterocycles. The molecule has 1 N–H and O–H groups in total. The number of carbonyl (C=O) groups is 2. The second-order valence-corrected chi connectivity index (χ2v) is 2.81. The maximum absolute atomic E-state index is 11.3. The van der Waals surface area contributed by atoms with Crippen molar-refractivity contribution in [3.8, 4) is 0 Å². The van der Waals surface area contributed by atoms with E-state index in [9.17, 15) is 9.59 Å². The summed E-state index contributed by atoms with van der Waals surface area (Å²) in [6.45, 7) is 5.36. The molecular formula is C9H14O4. The van der Waals surface area contributed by atoms with Gasteiger partial charge in [-0.05, 0) is 6.92 Å². The van der Waals surface area contributed by atoms with Gasteiger partial charge >= 0.3 is 5.97 Å². The van der Waals surface area contributed by atoms with Gasteiger partial charge in [0.15, 0.2) is 5.78 Å². The molecule has 0 atom stereocenters. The van der Waals surface area contributed by atoms with Crippen molar-refractivity contribution in [3.05, 3.63) is 11.8 Å². The molecule has 0 aliphatic rings. The molecule has 0 bridgehead atoms.